The molecule has 7 heteroatoms. The van der Waals surface area contributed by atoms with Gasteiger partial charge < -0.3 is 9.67 Å². The molecule has 0 radical (unpaired) electrons. The van der Waals surface area contributed by atoms with Gasteiger partial charge in [-0.2, -0.15) is 0 Å². The summed E-state index contributed by atoms with van der Waals surface area (Å²) in [6.07, 6.45) is 5.89. The largest absolute Gasteiger partial charge is 0.387 e. The molecule has 0 saturated heterocycles. The number of aliphatic hydroxyl groups is 1. The highest BCUT2D eigenvalue weighted by molar-refractivity contribution is 5.53. The maximum Gasteiger partial charge on any atom is 0.269 e. The molecule has 7 nitrogen and oxygen atoms in total. The fourth-order valence-electron chi connectivity index (χ4n) is 2.35. The minimum Gasteiger partial charge on any atom is -0.387 e. The van der Waals surface area contributed by atoms with Crippen molar-refractivity contribution in [2.75, 3.05) is 0 Å². The van der Waals surface area contributed by atoms with E-state index in [0.29, 0.717) is 11.4 Å². The minimum absolute atomic E-state index is 0.0420. The lowest BCUT2D eigenvalue weighted by atomic mass is 10.1. The number of pyridine rings is 1. The van der Waals surface area contributed by atoms with Crippen molar-refractivity contribution < 1.29 is 10.0 Å². The summed E-state index contributed by atoms with van der Waals surface area (Å²) in [4.78, 5) is 18.7. The Kier molecular flexibility index (Phi) is 4.11. The standard InChI is InChI=1S/C16H14N4O3/c21-15(12-3-1-5-14(9-12)20(22)23)11-19-8-7-18-16(19)13-4-2-6-17-10-13/h1-10,15,21H,11H2/t15-/m0/s1. The molecule has 3 aromatic rings. The van der Waals surface area contributed by atoms with Gasteiger partial charge in [0.25, 0.3) is 5.69 Å². The Labute approximate surface area is 132 Å². The Morgan fingerprint density at radius 1 is 1.26 bits per heavy atom. The first-order valence-corrected chi connectivity index (χ1v) is 6.99. The fourth-order valence-corrected chi connectivity index (χ4v) is 2.35. The Balaban J connectivity index is 1.84. The summed E-state index contributed by atoms with van der Waals surface area (Å²) < 4.78 is 1.79. The van der Waals surface area contributed by atoms with Crippen molar-refractivity contribution in [2.24, 2.45) is 0 Å². The zero-order valence-corrected chi connectivity index (χ0v) is 12.1. The van der Waals surface area contributed by atoms with Gasteiger partial charge in [-0.15, -0.1) is 0 Å². The van der Waals surface area contributed by atoms with Crippen LogP contribution in [0.1, 0.15) is 11.7 Å². The van der Waals surface area contributed by atoms with Crippen LogP contribution in [0.3, 0.4) is 0 Å². The maximum absolute atomic E-state index is 10.8. The van der Waals surface area contributed by atoms with Crippen molar-refractivity contribution in [3.63, 3.8) is 0 Å². The molecule has 1 aromatic carbocycles. The zero-order valence-electron chi connectivity index (χ0n) is 12.1. The second-order valence-electron chi connectivity index (χ2n) is 5.01. The number of rotatable bonds is 5. The lowest BCUT2D eigenvalue weighted by molar-refractivity contribution is -0.385. The SMILES string of the molecule is O=[N+]([O-])c1cccc([C@@H](O)Cn2ccnc2-c2cccnc2)c1. The van der Waals surface area contributed by atoms with Crippen LogP contribution in [0, 0.1) is 10.1 Å². The highest BCUT2D eigenvalue weighted by Gasteiger charge is 2.15. The van der Waals surface area contributed by atoms with Gasteiger partial charge in [-0.3, -0.25) is 15.1 Å². The molecular weight excluding hydrogens is 296 g/mol. The van der Waals surface area contributed by atoms with Crippen LogP contribution in [0.2, 0.25) is 0 Å². The first-order valence-electron chi connectivity index (χ1n) is 6.99. The van der Waals surface area contributed by atoms with Gasteiger partial charge in [0.2, 0.25) is 0 Å². The summed E-state index contributed by atoms with van der Waals surface area (Å²) >= 11 is 0. The predicted octanol–water partition coefficient (Wildman–Crippen LogP) is 2.59. The number of nitrogens with zero attached hydrogens (tertiary/aromatic N) is 4. The first-order chi connectivity index (χ1) is 11.1. The van der Waals surface area contributed by atoms with Crippen LogP contribution < -0.4 is 0 Å². The highest BCUT2D eigenvalue weighted by Crippen LogP contribution is 2.23. The molecule has 2 heterocycles. The predicted molar refractivity (Wildman–Crippen MR) is 83.5 cm³/mol. The van der Waals surface area contributed by atoms with Crippen LogP contribution in [-0.2, 0) is 6.54 Å². The van der Waals surface area contributed by atoms with E-state index in [0.717, 1.165) is 5.56 Å². The second kappa shape index (κ2) is 6.37. The van der Waals surface area contributed by atoms with E-state index >= 15 is 0 Å². The molecule has 0 aliphatic carbocycles. The van der Waals surface area contributed by atoms with E-state index in [1.807, 2.05) is 12.1 Å². The van der Waals surface area contributed by atoms with E-state index in [9.17, 15) is 15.2 Å². The Hall–Kier alpha value is -3.06. The lowest BCUT2D eigenvalue weighted by Gasteiger charge is -2.14. The van der Waals surface area contributed by atoms with Gasteiger partial charge in [-0.1, -0.05) is 12.1 Å². The molecular formula is C16H14N4O3. The van der Waals surface area contributed by atoms with E-state index in [1.165, 1.54) is 12.1 Å². The summed E-state index contributed by atoms with van der Waals surface area (Å²) in [5.74, 6) is 0.683. The van der Waals surface area contributed by atoms with Gasteiger partial charge in [0.1, 0.15) is 5.82 Å². The Bertz CT molecular complexity index is 817. The van der Waals surface area contributed by atoms with Gasteiger partial charge in [0, 0.05) is 42.5 Å². The molecule has 0 unspecified atom stereocenters. The van der Waals surface area contributed by atoms with Crippen LogP contribution in [0.15, 0.2) is 61.2 Å². The number of aromatic nitrogens is 3. The van der Waals surface area contributed by atoms with Crippen LogP contribution in [0.5, 0.6) is 0 Å². The van der Waals surface area contributed by atoms with Gasteiger partial charge in [0.15, 0.2) is 0 Å². The Morgan fingerprint density at radius 2 is 2.13 bits per heavy atom. The fraction of sp³-hybridized carbons (Fsp3) is 0.125. The number of aliphatic hydroxyl groups excluding tert-OH is 1. The van der Waals surface area contributed by atoms with E-state index < -0.39 is 11.0 Å². The number of hydrogen-bond acceptors (Lipinski definition) is 5. The first kappa shape index (κ1) is 14.9. The molecule has 2 aromatic heterocycles. The number of hydrogen-bond donors (Lipinski definition) is 1. The van der Waals surface area contributed by atoms with Gasteiger partial charge in [-0.05, 0) is 17.7 Å². The molecule has 0 fully saturated rings. The quantitative estimate of drug-likeness (QED) is 0.577. The summed E-state index contributed by atoms with van der Waals surface area (Å²) in [5.41, 5.74) is 1.29. The summed E-state index contributed by atoms with van der Waals surface area (Å²) in [5, 5.41) is 21.2. The lowest BCUT2D eigenvalue weighted by Crippen LogP contribution is -2.09. The van der Waals surface area contributed by atoms with Crippen molar-refractivity contribution in [3.8, 4) is 11.4 Å². The summed E-state index contributed by atoms with van der Waals surface area (Å²) in [7, 11) is 0. The number of benzene rings is 1. The third-order valence-corrected chi connectivity index (χ3v) is 3.47. The monoisotopic (exact) mass is 310 g/mol. The zero-order chi connectivity index (χ0) is 16.2. The molecule has 3 rings (SSSR count). The van der Waals surface area contributed by atoms with Gasteiger partial charge in [-0.25, -0.2) is 4.98 Å². The smallest absolute Gasteiger partial charge is 0.269 e. The van der Waals surface area contributed by atoms with Crippen molar-refractivity contribution in [2.45, 2.75) is 12.6 Å². The maximum atomic E-state index is 10.8. The Morgan fingerprint density at radius 3 is 2.87 bits per heavy atom. The number of nitro groups is 1. The third kappa shape index (κ3) is 3.24. The summed E-state index contributed by atoms with van der Waals surface area (Å²) in [6.45, 7) is 0.241. The normalized spacial score (nSPS) is 12.0. The van der Waals surface area contributed by atoms with Crippen molar-refractivity contribution in [1.82, 2.24) is 14.5 Å². The molecule has 0 amide bonds. The number of non-ortho nitro benzene ring substituents is 1. The molecule has 0 spiro atoms. The molecule has 1 N–H and O–H groups in total. The van der Waals surface area contributed by atoms with Gasteiger partial charge >= 0.3 is 0 Å². The van der Waals surface area contributed by atoms with Crippen molar-refractivity contribution in [1.29, 1.82) is 0 Å². The molecule has 0 aliphatic heterocycles. The molecule has 0 saturated carbocycles. The second-order valence-corrected chi connectivity index (χ2v) is 5.01. The van der Waals surface area contributed by atoms with E-state index in [2.05, 4.69) is 9.97 Å². The molecule has 116 valence electrons. The topological polar surface area (TPSA) is 94.1 Å². The van der Waals surface area contributed by atoms with Crippen LogP contribution in [0.25, 0.3) is 11.4 Å². The molecule has 0 bridgehead atoms. The molecule has 23 heavy (non-hydrogen) atoms. The van der Waals surface area contributed by atoms with E-state index in [-0.39, 0.29) is 12.2 Å². The highest BCUT2D eigenvalue weighted by atomic mass is 16.6. The van der Waals surface area contributed by atoms with E-state index in [4.69, 9.17) is 0 Å². The minimum atomic E-state index is -0.875. The van der Waals surface area contributed by atoms with Crippen molar-refractivity contribution >= 4 is 5.69 Å². The average molecular weight is 310 g/mol. The van der Waals surface area contributed by atoms with Gasteiger partial charge in [0.05, 0.1) is 17.6 Å². The van der Waals surface area contributed by atoms with Crippen LogP contribution in [0.4, 0.5) is 5.69 Å². The number of imidazole rings is 1. The summed E-state index contributed by atoms with van der Waals surface area (Å²) in [6, 6.07) is 9.70. The van der Waals surface area contributed by atoms with Crippen LogP contribution in [-0.4, -0.2) is 24.6 Å². The van der Waals surface area contributed by atoms with Crippen molar-refractivity contribution in [3.05, 3.63) is 76.9 Å². The molecule has 0 aliphatic rings. The number of nitro benzene ring substituents is 1. The van der Waals surface area contributed by atoms with Crippen LogP contribution >= 0.6 is 0 Å². The third-order valence-electron chi connectivity index (χ3n) is 3.47. The van der Waals surface area contributed by atoms with E-state index in [1.54, 1.807) is 41.5 Å². The molecule has 1 atom stereocenters. The average Bonchev–Trinajstić information content (AvgIpc) is 3.04.